The van der Waals surface area contributed by atoms with Crippen molar-refractivity contribution >= 4 is 5.97 Å². The van der Waals surface area contributed by atoms with Gasteiger partial charge in [-0.15, -0.1) is 5.10 Å². The summed E-state index contributed by atoms with van der Waals surface area (Å²) in [5, 5.41) is 7.44. The van der Waals surface area contributed by atoms with Gasteiger partial charge in [0.1, 0.15) is 6.61 Å². The number of hydrogen-bond acceptors (Lipinski definition) is 5. The standard InChI is InChI=1S/C11H16F3N3O3/c1-3-4-8-9(10(18)19-2)15-16-17(8)5-6-20-7-11(12,13)14/h3-7H2,1-2H3. The minimum atomic E-state index is -4.36. The van der Waals surface area contributed by atoms with Crippen molar-refractivity contribution in [3.8, 4) is 0 Å². The van der Waals surface area contributed by atoms with E-state index in [-0.39, 0.29) is 18.8 Å². The molecule has 0 unspecified atom stereocenters. The molecule has 0 saturated heterocycles. The van der Waals surface area contributed by atoms with Crippen molar-refractivity contribution in [2.24, 2.45) is 0 Å². The Morgan fingerprint density at radius 3 is 2.65 bits per heavy atom. The second kappa shape index (κ2) is 7.22. The van der Waals surface area contributed by atoms with Gasteiger partial charge in [0.15, 0.2) is 5.69 Å². The van der Waals surface area contributed by atoms with E-state index in [1.807, 2.05) is 6.92 Å². The van der Waals surface area contributed by atoms with Gasteiger partial charge < -0.3 is 9.47 Å². The van der Waals surface area contributed by atoms with E-state index in [1.165, 1.54) is 11.8 Å². The van der Waals surface area contributed by atoms with E-state index in [0.29, 0.717) is 12.1 Å². The van der Waals surface area contributed by atoms with Crippen molar-refractivity contribution in [3.05, 3.63) is 11.4 Å². The van der Waals surface area contributed by atoms with Crippen LogP contribution in [0.4, 0.5) is 13.2 Å². The zero-order valence-electron chi connectivity index (χ0n) is 11.2. The Bertz CT molecular complexity index is 446. The summed E-state index contributed by atoms with van der Waals surface area (Å²) in [7, 11) is 1.23. The van der Waals surface area contributed by atoms with Crippen LogP contribution >= 0.6 is 0 Å². The first-order chi connectivity index (χ1) is 9.39. The van der Waals surface area contributed by atoms with Gasteiger partial charge in [0, 0.05) is 0 Å². The summed E-state index contributed by atoms with van der Waals surface area (Å²) in [4.78, 5) is 11.5. The van der Waals surface area contributed by atoms with Crippen molar-refractivity contribution < 1.29 is 27.4 Å². The van der Waals surface area contributed by atoms with Crippen LogP contribution in [0.15, 0.2) is 0 Å². The lowest BCUT2D eigenvalue weighted by atomic mass is 10.2. The number of carbonyl (C=O) groups is 1. The van der Waals surface area contributed by atoms with Crippen LogP contribution in [0.3, 0.4) is 0 Å². The molecule has 0 N–H and O–H groups in total. The van der Waals surface area contributed by atoms with Crippen molar-refractivity contribution in [1.29, 1.82) is 0 Å². The van der Waals surface area contributed by atoms with Crippen LogP contribution in [-0.2, 0) is 22.4 Å². The predicted octanol–water partition coefficient (Wildman–Crippen LogP) is 1.60. The molecular formula is C11H16F3N3O3. The molecule has 0 bridgehead atoms. The average molecular weight is 295 g/mol. The Labute approximate surface area is 113 Å². The fraction of sp³-hybridized carbons (Fsp3) is 0.727. The number of halogens is 3. The molecule has 0 saturated carbocycles. The number of nitrogens with zero attached hydrogens (tertiary/aromatic N) is 3. The lowest BCUT2D eigenvalue weighted by molar-refractivity contribution is -0.174. The molecule has 0 fully saturated rings. The quantitative estimate of drug-likeness (QED) is 0.564. The Balaban J connectivity index is 2.65. The van der Waals surface area contributed by atoms with Gasteiger partial charge in [0.2, 0.25) is 0 Å². The molecule has 0 aromatic carbocycles. The smallest absolute Gasteiger partial charge is 0.411 e. The zero-order chi connectivity index (χ0) is 15.2. The Morgan fingerprint density at radius 1 is 1.40 bits per heavy atom. The molecule has 0 spiro atoms. The second-order valence-electron chi connectivity index (χ2n) is 4.02. The first kappa shape index (κ1) is 16.4. The monoisotopic (exact) mass is 295 g/mol. The molecule has 1 aromatic rings. The normalized spacial score (nSPS) is 11.7. The van der Waals surface area contributed by atoms with Crippen molar-refractivity contribution in [2.45, 2.75) is 32.5 Å². The van der Waals surface area contributed by atoms with E-state index in [9.17, 15) is 18.0 Å². The van der Waals surface area contributed by atoms with E-state index in [2.05, 4.69) is 19.8 Å². The van der Waals surface area contributed by atoms with Crippen LogP contribution in [0.1, 0.15) is 29.5 Å². The molecule has 0 radical (unpaired) electrons. The number of hydrogen-bond donors (Lipinski definition) is 0. The predicted molar refractivity (Wildman–Crippen MR) is 62.2 cm³/mol. The molecule has 0 aliphatic heterocycles. The summed E-state index contributed by atoms with van der Waals surface area (Å²) in [6, 6.07) is 0. The summed E-state index contributed by atoms with van der Waals surface area (Å²) in [5.74, 6) is -0.615. The molecule has 1 aromatic heterocycles. The highest BCUT2D eigenvalue weighted by molar-refractivity contribution is 5.88. The third-order valence-electron chi connectivity index (χ3n) is 2.42. The van der Waals surface area contributed by atoms with Gasteiger partial charge >= 0.3 is 12.1 Å². The molecule has 0 amide bonds. The fourth-order valence-electron chi connectivity index (χ4n) is 1.59. The molecule has 0 aliphatic rings. The van der Waals surface area contributed by atoms with Crippen molar-refractivity contribution in [1.82, 2.24) is 15.0 Å². The van der Waals surface area contributed by atoms with Gasteiger partial charge in [-0.25, -0.2) is 9.48 Å². The van der Waals surface area contributed by atoms with Gasteiger partial charge in [-0.2, -0.15) is 13.2 Å². The Hall–Kier alpha value is -1.64. The number of carbonyl (C=O) groups excluding carboxylic acids is 1. The molecule has 1 rings (SSSR count). The third kappa shape index (κ3) is 4.80. The summed E-state index contributed by atoms with van der Waals surface area (Å²) in [6.45, 7) is 0.517. The molecule has 114 valence electrons. The second-order valence-corrected chi connectivity index (χ2v) is 4.02. The Morgan fingerprint density at radius 2 is 2.10 bits per heavy atom. The van der Waals surface area contributed by atoms with E-state index in [4.69, 9.17) is 0 Å². The highest BCUT2D eigenvalue weighted by Crippen LogP contribution is 2.14. The van der Waals surface area contributed by atoms with E-state index >= 15 is 0 Å². The molecule has 6 nitrogen and oxygen atoms in total. The number of esters is 1. The van der Waals surface area contributed by atoms with Gasteiger partial charge in [-0.05, 0) is 6.42 Å². The van der Waals surface area contributed by atoms with E-state index in [0.717, 1.165) is 6.42 Å². The minimum absolute atomic E-state index is 0.0881. The summed E-state index contributed by atoms with van der Waals surface area (Å²) < 4.78 is 46.2. The average Bonchev–Trinajstić information content (AvgIpc) is 2.76. The molecule has 0 atom stereocenters. The highest BCUT2D eigenvalue weighted by Gasteiger charge is 2.27. The lowest BCUT2D eigenvalue weighted by Crippen LogP contribution is -2.20. The number of aromatic nitrogens is 3. The summed E-state index contributed by atoms with van der Waals surface area (Å²) in [6.07, 6.45) is -3.09. The first-order valence-electron chi connectivity index (χ1n) is 6.04. The van der Waals surface area contributed by atoms with E-state index in [1.54, 1.807) is 0 Å². The maximum atomic E-state index is 11.9. The van der Waals surface area contributed by atoms with Crippen molar-refractivity contribution in [3.63, 3.8) is 0 Å². The number of rotatable bonds is 7. The summed E-state index contributed by atoms with van der Waals surface area (Å²) in [5.41, 5.74) is 0.625. The third-order valence-corrected chi connectivity index (χ3v) is 2.42. The SMILES string of the molecule is CCCc1c(C(=O)OC)nnn1CCOCC(F)(F)F. The molecule has 0 aliphatic carbocycles. The van der Waals surface area contributed by atoms with Crippen molar-refractivity contribution in [2.75, 3.05) is 20.3 Å². The van der Waals surface area contributed by atoms with Crippen LogP contribution in [0.2, 0.25) is 0 Å². The zero-order valence-corrected chi connectivity index (χ0v) is 11.2. The number of methoxy groups -OCH3 is 1. The number of alkyl halides is 3. The molecule has 1 heterocycles. The van der Waals surface area contributed by atoms with E-state index < -0.39 is 18.8 Å². The maximum Gasteiger partial charge on any atom is 0.411 e. The van der Waals surface area contributed by atoms with Gasteiger partial charge in [0.05, 0.1) is 26.0 Å². The topological polar surface area (TPSA) is 66.2 Å². The van der Waals surface area contributed by atoms with Crippen LogP contribution in [0.25, 0.3) is 0 Å². The summed E-state index contributed by atoms with van der Waals surface area (Å²) >= 11 is 0. The fourth-order valence-corrected chi connectivity index (χ4v) is 1.59. The van der Waals surface area contributed by atoms with Gasteiger partial charge in [-0.3, -0.25) is 0 Å². The molecular weight excluding hydrogens is 279 g/mol. The van der Waals surface area contributed by atoms with Gasteiger partial charge in [-0.1, -0.05) is 18.6 Å². The Kier molecular flexibility index (Phi) is 5.93. The lowest BCUT2D eigenvalue weighted by Gasteiger charge is -2.09. The highest BCUT2D eigenvalue weighted by atomic mass is 19.4. The van der Waals surface area contributed by atoms with Crippen LogP contribution in [-0.4, -0.2) is 47.5 Å². The number of ether oxygens (including phenoxy) is 2. The molecule has 9 heteroatoms. The largest absolute Gasteiger partial charge is 0.464 e. The van der Waals surface area contributed by atoms with Crippen LogP contribution < -0.4 is 0 Å². The maximum absolute atomic E-state index is 11.9. The first-order valence-corrected chi connectivity index (χ1v) is 6.04. The molecule has 20 heavy (non-hydrogen) atoms. The van der Waals surface area contributed by atoms with Crippen LogP contribution in [0.5, 0.6) is 0 Å². The minimum Gasteiger partial charge on any atom is -0.464 e. The van der Waals surface area contributed by atoms with Crippen LogP contribution in [0, 0.1) is 0 Å². The van der Waals surface area contributed by atoms with Gasteiger partial charge in [0.25, 0.3) is 0 Å².